The van der Waals surface area contributed by atoms with Gasteiger partial charge in [-0.1, -0.05) is 11.6 Å². The van der Waals surface area contributed by atoms with Gasteiger partial charge in [0, 0.05) is 12.3 Å². The number of hydrogen-bond donors (Lipinski definition) is 1. The summed E-state index contributed by atoms with van der Waals surface area (Å²) in [6, 6.07) is 2.56. The fourth-order valence-corrected chi connectivity index (χ4v) is 4.18. The second-order valence-electron chi connectivity index (χ2n) is 5.24. The third-order valence-corrected chi connectivity index (χ3v) is 5.63. The highest BCUT2D eigenvalue weighted by molar-refractivity contribution is 7.91. The van der Waals surface area contributed by atoms with Crippen molar-refractivity contribution in [1.82, 2.24) is 0 Å². The molecule has 0 heterocycles. The number of alkyl halides is 3. The molecule has 2 atom stereocenters. The molecule has 1 aliphatic rings. The van der Waals surface area contributed by atoms with Gasteiger partial charge in [-0.3, -0.25) is 0 Å². The van der Waals surface area contributed by atoms with Crippen molar-refractivity contribution in [2.75, 3.05) is 11.6 Å². The predicted octanol–water partition coefficient (Wildman–Crippen LogP) is 3.74. The van der Waals surface area contributed by atoms with Crippen LogP contribution in [0.5, 0.6) is 0 Å². The zero-order valence-electron chi connectivity index (χ0n) is 11.2. The monoisotopic (exact) mass is 341 g/mol. The molecular weight excluding hydrogens is 327 g/mol. The van der Waals surface area contributed by atoms with E-state index in [9.17, 15) is 21.6 Å². The molecule has 2 unspecified atom stereocenters. The van der Waals surface area contributed by atoms with Crippen molar-refractivity contribution >= 4 is 27.1 Å². The Morgan fingerprint density at radius 3 is 2.52 bits per heavy atom. The van der Waals surface area contributed by atoms with Crippen LogP contribution in [0.15, 0.2) is 18.2 Å². The summed E-state index contributed by atoms with van der Waals surface area (Å²) in [7, 11) is -3.25. The fourth-order valence-electron chi connectivity index (χ4n) is 2.62. The van der Waals surface area contributed by atoms with Crippen molar-refractivity contribution in [3.8, 4) is 0 Å². The van der Waals surface area contributed by atoms with Crippen LogP contribution < -0.4 is 5.32 Å². The topological polar surface area (TPSA) is 46.2 Å². The average Bonchev–Trinajstić information content (AvgIpc) is 2.78. The first-order chi connectivity index (χ1) is 9.59. The van der Waals surface area contributed by atoms with E-state index in [0.29, 0.717) is 19.3 Å². The zero-order valence-corrected chi connectivity index (χ0v) is 12.8. The van der Waals surface area contributed by atoms with Crippen LogP contribution in [-0.2, 0) is 16.0 Å². The van der Waals surface area contributed by atoms with Gasteiger partial charge >= 0.3 is 6.18 Å². The van der Waals surface area contributed by atoms with Crippen molar-refractivity contribution in [3.05, 3.63) is 28.8 Å². The number of anilines is 1. The van der Waals surface area contributed by atoms with Crippen molar-refractivity contribution < 1.29 is 21.6 Å². The van der Waals surface area contributed by atoms with Gasteiger partial charge in [-0.05, 0) is 37.5 Å². The first kappa shape index (κ1) is 16.4. The van der Waals surface area contributed by atoms with E-state index in [-0.39, 0.29) is 10.7 Å². The summed E-state index contributed by atoms with van der Waals surface area (Å²) in [5.74, 6) is 0. The highest BCUT2D eigenvalue weighted by Crippen LogP contribution is 2.36. The summed E-state index contributed by atoms with van der Waals surface area (Å²) < 4.78 is 61.5. The van der Waals surface area contributed by atoms with Crippen molar-refractivity contribution in [2.24, 2.45) is 0 Å². The quantitative estimate of drug-likeness (QED) is 0.911. The standard InChI is InChI=1S/C13H15ClF3NO2S/c1-21(19,20)12-4-2-3-10(12)18-11-7-8(13(15,16)17)5-6-9(11)14/h5-7,10,12,18H,2-4H2,1H3. The van der Waals surface area contributed by atoms with Crippen LogP contribution in [-0.4, -0.2) is 26.0 Å². The van der Waals surface area contributed by atoms with E-state index in [2.05, 4.69) is 5.32 Å². The Labute approximate surface area is 126 Å². The second-order valence-corrected chi connectivity index (χ2v) is 7.91. The van der Waals surface area contributed by atoms with Gasteiger partial charge in [-0.15, -0.1) is 0 Å². The number of rotatable bonds is 3. The Morgan fingerprint density at radius 1 is 1.29 bits per heavy atom. The van der Waals surface area contributed by atoms with Gasteiger partial charge in [0.25, 0.3) is 0 Å². The fraction of sp³-hybridized carbons (Fsp3) is 0.538. The molecule has 1 aromatic rings. The van der Waals surface area contributed by atoms with Crippen LogP contribution in [0.1, 0.15) is 24.8 Å². The molecule has 0 radical (unpaired) electrons. The minimum Gasteiger partial charge on any atom is -0.380 e. The normalized spacial score (nSPS) is 23.3. The molecule has 1 saturated carbocycles. The Kier molecular flexibility index (Phi) is 4.44. The minimum atomic E-state index is -4.47. The van der Waals surface area contributed by atoms with Crippen molar-refractivity contribution in [2.45, 2.75) is 36.7 Å². The molecule has 0 bridgehead atoms. The first-order valence-corrected chi connectivity index (χ1v) is 8.74. The van der Waals surface area contributed by atoms with Crippen molar-refractivity contribution in [3.63, 3.8) is 0 Å². The molecule has 3 nitrogen and oxygen atoms in total. The van der Waals surface area contributed by atoms with Crippen molar-refractivity contribution in [1.29, 1.82) is 0 Å². The average molecular weight is 342 g/mol. The molecule has 2 rings (SSSR count). The van der Waals surface area contributed by atoms with Gasteiger partial charge in [0.05, 0.1) is 21.5 Å². The van der Waals surface area contributed by atoms with Crippen LogP contribution in [0.4, 0.5) is 18.9 Å². The predicted molar refractivity (Wildman–Crippen MR) is 76.3 cm³/mol. The van der Waals surface area contributed by atoms with E-state index in [1.165, 1.54) is 0 Å². The third kappa shape index (κ3) is 3.83. The summed E-state index contributed by atoms with van der Waals surface area (Å²) in [5, 5.41) is 2.41. The summed E-state index contributed by atoms with van der Waals surface area (Å²) >= 11 is 5.91. The largest absolute Gasteiger partial charge is 0.416 e. The van der Waals surface area contributed by atoms with Crippen LogP contribution in [0, 0.1) is 0 Å². The molecule has 1 aromatic carbocycles. The summed E-state index contributed by atoms with van der Waals surface area (Å²) in [5.41, 5.74) is -0.699. The highest BCUT2D eigenvalue weighted by atomic mass is 35.5. The SMILES string of the molecule is CS(=O)(=O)C1CCCC1Nc1cc(C(F)(F)F)ccc1Cl. The van der Waals surface area contributed by atoms with Crippen LogP contribution in [0.3, 0.4) is 0 Å². The highest BCUT2D eigenvalue weighted by Gasteiger charge is 2.36. The maximum atomic E-state index is 12.7. The summed E-state index contributed by atoms with van der Waals surface area (Å²) in [4.78, 5) is 0. The molecule has 118 valence electrons. The Balaban J connectivity index is 2.27. The lowest BCUT2D eigenvalue weighted by molar-refractivity contribution is -0.137. The van der Waals surface area contributed by atoms with E-state index in [1.54, 1.807) is 0 Å². The lowest BCUT2D eigenvalue weighted by Crippen LogP contribution is -2.34. The molecule has 1 N–H and O–H groups in total. The molecular formula is C13H15ClF3NO2S. The number of hydrogen-bond acceptors (Lipinski definition) is 3. The molecule has 1 fully saturated rings. The van der Waals surface area contributed by atoms with E-state index in [4.69, 9.17) is 11.6 Å². The van der Waals surface area contributed by atoms with Gasteiger partial charge in [-0.25, -0.2) is 8.42 Å². The molecule has 0 spiro atoms. The Bertz CT molecular complexity index is 631. The van der Waals surface area contributed by atoms with E-state index in [1.807, 2.05) is 0 Å². The van der Waals surface area contributed by atoms with E-state index >= 15 is 0 Å². The minimum absolute atomic E-state index is 0.118. The van der Waals surface area contributed by atoms with Gasteiger partial charge in [-0.2, -0.15) is 13.2 Å². The maximum Gasteiger partial charge on any atom is 0.416 e. The Hall–Kier alpha value is -0.950. The first-order valence-electron chi connectivity index (χ1n) is 6.41. The van der Waals surface area contributed by atoms with E-state index in [0.717, 1.165) is 24.5 Å². The van der Waals surface area contributed by atoms with E-state index < -0.39 is 32.9 Å². The van der Waals surface area contributed by atoms with Gasteiger partial charge in [0.2, 0.25) is 0 Å². The third-order valence-electron chi connectivity index (χ3n) is 3.64. The van der Waals surface area contributed by atoms with Crippen LogP contribution in [0.2, 0.25) is 5.02 Å². The number of nitrogens with one attached hydrogen (secondary N) is 1. The summed E-state index contributed by atoms with van der Waals surface area (Å²) in [6.45, 7) is 0. The second kappa shape index (κ2) is 5.68. The molecule has 21 heavy (non-hydrogen) atoms. The zero-order chi connectivity index (χ0) is 15.8. The van der Waals surface area contributed by atoms with Crippen LogP contribution in [0.25, 0.3) is 0 Å². The molecule has 1 aliphatic carbocycles. The smallest absolute Gasteiger partial charge is 0.380 e. The van der Waals surface area contributed by atoms with Gasteiger partial charge < -0.3 is 5.32 Å². The number of sulfone groups is 1. The van der Waals surface area contributed by atoms with Gasteiger partial charge in [0.1, 0.15) is 0 Å². The molecule has 0 aliphatic heterocycles. The molecule has 0 aromatic heterocycles. The molecule has 8 heteroatoms. The van der Waals surface area contributed by atoms with Crippen LogP contribution >= 0.6 is 11.6 Å². The summed E-state index contributed by atoms with van der Waals surface area (Å²) in [6.07, 6.45) is -1.51. The lowest BCUT2D eigenvalue weighted by Gasteiger charge is -2.22. The lowest BCUT2D eigenvalue weighted by atomic mass is 10.1. The molecule has 0 saturated heterocycles. The maximum absolute atomic E-state index is 12.7. The Morgan fingerprint density at radius 2 is 1.95 bits per heavy atom. The van der Waals surface area contributed by atoms with Gasteiger partial charge in [0.15, 0.2) is 9.84 Å². The number of benzene rings is 1. The molecule has 0 amide bonds. The number of halogens is 4.